The van der Waals surface area contributed by atoms with E-state index in [1.807, 2.05) is 29.6 Å². The standard InChI is InChI=1S/C29H31F3N2O4S/c1-3-38-26(36)9-6-15-33(18-20-10-12-22(13-11-20)29(30,31)32)27(37)28(2)14-16-34(28)25(35)17-21-19-39-24-8-5-4-7-23(21)24/h4-5,7-8,10-13,19H,3,6,9,14-18H2,1-2H3. The van der Waals surface area contributed by atoms with Gasteiger partial charge in [0, 0.05) is 30.8 Å². The molecule has 2 amide bonds. The molecule has 0 radical (unpaired) electrons. The number of esters is 1. The maximum absolute atomic E-state index is 13.8. The number of alkyl halides is 3. The molecule has 3 aromatic rings. The minimum Gasteiger partial charge on any atom is -0.466 e. The van der Waals surface area contributed by atoms with Crippen molar-refractivity contribution in [3.05, 3.63) is 70.6 Å². The second kappa shape index (κ2) is 11.8. The highest BCUT2D eigenvalue weighted by Crippen LogP contribution is 2.35. The van der Waals surface area contributed by atoms with E-state index in [9.17, 15) is 27.6 Å². The van der Waals surface area contributed by atoms with Crippen LogP contribution in [0.2, 0.25) is 0 Å². The lowest BCUT2D eigenvalue weighted by atomic mass is 9.84. The highest BCUT2D eigenvalue weighted by Gasteiger charge is 2.50. The summed E-state index contributed by atoms with van der Waals surface area (Å²) in [7, 11) is 0. The number of hydrogen-bond donors (Lipinski definition) is 0. The van der Waals surface area contributed by atoms with Gasteiger partial charge in [-0.25, -0.2) is 0 Å². The molecule has 2 aromatic carbocycles. The van der Waals surface area contributed by atoms with Crippen molar-refractivity contribution in [3.63, 3.8) is 0 Å². The Morgan fingerprint density at radius 3 is 2.46 bits per heavy atom. The lowest BCUT2D eigenvalue weighted by Crippen LogP contribution is -2.68. The highest BCUT2D eigenvalue weighted by atomic mass is 32.1. The van der Waals surface area contributed by atoms with E-state index in [1.54, 1.807) is 30.1 Å². The van der Waals surface area contributed by atoms with Gasteiger partial charge in [-0.05, 0) is 66.8 Å². The van der Waals surface area contributed by atoms with E-state index < -0.39 is 17.3 Å². The molecule has 1 aliphatic rings. The number of halogens is 3. The van der Waals surface area contributed by atoms with Crippen LogP contribution in [0.15, 0.2) is 53.9 Å². The van der Waals surface area contributed by atoms with E-state index in [2.05, 4.69) is 0 Å². The predicted octanol–water partition coefficient (Wildman–Crippen LogP) is 5.83. The second-order valence-electron chi connectivity index (χ2n) is 9.83. The number of likely N-dealkylation sites (tertiary alicyclic amines) is 1. The van der Waals surface area contributed by atoms with E-state index >= 15 is 0 Å². The second-order valence-corrected chi connectivity index (χ2v) is 10.7. The molecule has 0 N–H and O–H groups in total. The molecule has 1 atom stereocenters. The lowest BCUT2D eigenvalue weighted by Gasteiger charge is -2.51. The van der Waals surface area contributed by atoms with Gasteiger partial charge in [-0.2, -0.15) is 13.2 Å². The molecule has 1 saturated heterocycles. The van der Waals surface area contributed by atoms with Crippen LogP contribution < -0.4 is 0 Å². The highest BCUT2D eigenvalue weighted by molar-refractivity contribution is 7.17. The topological polar surface area (TPSA) is 66.9 Å². The molecule has 0 aliphatic carbocycles. The molecule has 10 heteroatoms. The summed E-state index contributed by atoms with van der Waals surface area (Å²) in [6, 6.07) is 12.5. The quantitative estimate of drug-likeness (QED) is 0.293. The summed E-state index contributed by atoms with van der Waals surface area (Å²) in [5.74, 6) is -0.822. The van der Waals surface area contributed by atoms with Crippen LogP contribution in [0.1, 0.15) is 49.8 Å². The zero-order valence-corrected chi connectivity index (χ0v) is 22.7. The number of hydrogen-bond acceptors (Lipinski definition) is 5. The van der Waals surface area contributed by atoms with Gasteiger partial charge in [0.15, 0.2) is 0 Å². The molecular weight excluding hydrogens is 529 g/mol. The van der Waals surface area contributed by atoms with E-state index in [0.717, 1.165) is 27.8 Å². The zero-order chi connectivity index (χ0) is 28.2. The molecule has 1 aliphatic heterocycles. The predicted molar refractivity (Wildman–Crippen MR) is 143 cm³/mol. The molecule has 6 nitrogen and oxygen atoms in total. The number of fused-ring (bicyclic) bond motifs is 1. The number of carbonyl (C=O) groups is 3. The van der Waals surface area contributed by atoms with Crippen LogP contribution in [0.5, 0.6) is 0 Å². The molecule has 1 aromatic heterocycles. The third kappa shape index (κ3) is 6.43. The van der Waals surface area contributed by atoms with Crippen molar-refractivity contribution in [1.82, 2.24) is 9.80 Å². The maximum atomic E-state index is 13.8. The van der Waals surface area contributed by atoms with Crippen molar-refractivity contribution in [2.24, 2.45) is 0 Å². The molecule has 1 fully saturated rings. The fourth-order valence-electron chi connectivity index (χ4n) is 4.87. The van der Waals surface area contributed by atoms with Crippen molar-refractivity contribution < 1.29 is 32.3 Å². The minimum atomic E-state index is -4.46. The molecule has 1 unspecified atom stereocenters. The number of thiophene rings is 1. The van der Waals surface area contributed by atoms with Crippen molar-refractivity contribution in [2.75, 3.05) is 19.7 Å². The average molecular weight is 561 g/mol. The maximum Gasteiger partial charge on any atom is 0.416 e. The average Bonchev–Trinajstić information content (AvgIpc) is 3.29. The Bertz CT molecular complexity index is 1340. The molecular formula is C29H31F3N2O4S. The molecule has 39 heavy (non-hydrogen) atoms. The van der Waals surface area contributed by atoms with Crippen LogP contribution >= 0.6 is 11.3 Å². The van der Waals surface area contributed by atoms with E-state index in [4.69, 9.17) is 4.74 Å². The van der Waals surface area contributed by atoms with Gasteiger partial charge in [0.05, 0.1) is 18.6 Å². The number of nitrogens with zero attached hydrogens (tertiary/aromatic N) is 2. The Kier molecular flexibility index (Phi) is 8.64. The first-order valence-corrected chi connectivity index (χ1v) is 13.8. The molecule has 4 rings (SSSR count). The summed E-state index contributed by atoms with van der Waals surface area (Å²) in [4.78, 5) is 42.2. The minimum absolute atomic E-state index is 0.0621. The van der Waals surface area contributed by atoms with Crippen LogP contribution in [0, 0.1) is 0 Å². The van der Waals surface area contributed by atoms with Crippen molar-refractivity contribution in [1.29, 1.82) is 0 Å². The van der Waals surface area contributed by atoms with Crippen molar-refractivity contribution >= 4 is 39.2 Å². The zero-order valence-electron chi connectivity index (χ0n) is 21.9. The van der Waals surface area contributed by atoms with Crippen LogP contribution in [0.3, 0.4) is 0 Å². The third-order valence-electron chi connectivity index (χ3n) is 7.14. The monoisotopic (exact) mass is 560 g/mol. The Balaban J connectivity index is 1.49. The summed E-state index contributed by atoms with van der Waals surface area (Å²) in [6.45, 7) is 4.40. The van der Waals surface area contributed by atoms with Gasteiger partial charge in [-0.15, -0.1) is 11.3 Å². The SMILES string of the molecule is CCOC(=O)CCCN(Cc1ccc(C(F)(F)F)cc1)C(=O)C1(C)CCN1C(=O)Cc1csc2ccccc12. The summed E-state index contributed by atoms with van der Waals surface area (Å²) in [6.07, 6.45) is -3.37. The Morgan fingerprint density at radius 2 is 1.82 bits per heavy atom. The van der Waals surface area contributed by atoms with Gasteiger partial charge < -0.3 is 14.5 Å². The first-order valence-electron chi connectivity index (χ1n) is 12.9. The molecule has 0 bridgehead atoms. The molecule has 2 heterocycles. The lowest BCUT2D eigenvalue weighted by molar-refractivity contribution is -0.164. The summed E-state index contributed by atoms with van der Waals surface area (Å²) >= 11 is 1.57. The summed E-state index contributed by atoms with van der Waals surface area (Å²) in [5, 5.41) is 2.99. The van der Waals surface area contributed by atoms with E-state index in [1.165, 1.54) is 17.0 Å². The summed E-state index contributed by atoms with van der Waals surface area (Å²) in [5.41, 5.74) is -0.398. The van der Waals surface area contributed by atoms with Gasteiger partial charge >= 0.3 is 12.1 Å². The number of benzene rings is 2. The van der Waals surface area contributed by atoms with E-state index in [0.29, 0.717) is 24.9 Å². The summed E-state index contributed by atoms with van der Waals surface area (Å²) < 4.78 is 45.1. The number of rotatable bonds is 10. The van der Waals surface area contributed by atoms with E-state index in [-0.39, 0.29) is 50.3 Å². The Morgan fingerprint density at radius 1 is 1.10 bits per heavy atom. The first-order chi connectivity index (χ1) is 18.5. The van der Waals surface area contributed by atoms with Crippen molar-refractivity contribution in [3.8, 4) is 0 Å². The molecule has 0 saturated carbocycles. The smallest absolute Gasteiger partial charge is 0.416 e. The largest absolute Gasteiger partial charge is 0.466 e. The normalized spacial score (nSPS) is 17.1. The molecule has 208 valence electrons. The van der Waals surface area contributed by atoms with Gasteiger partial charge in [0.25, 0.3) is 0 Å². The van der Waals surface area contributed by atoms with Gasteiger partial charge in [-0.3, -0.25) is 14.4 Å². The van der Waals surface area contributed by atoms with Crippen LogP contribution in [-0.2, 0) is 38.3 Å². The van der Waals surface area contributed by atoms with Crippen LogP contribution in [-0.4, -0.2) is 52.8 Å². The van der Waals surface area contributed by atoms with Gasteiger partial charge in [-0.1, -0.05) is 30.3 Å². The third-order valence-corrected chi connectivity index (χ3v) is 8.15. The van der Waals surface area contributed by atoms with Crippen molar-refractivity contribution in [2.45, 2.75) is 57.8 Å². The van der Waals surface area contributed by atoms with Crippen LogP contribution in [0.25, 0.3) is 10.1 Å². The number of carbonyl (C=O) groups excluding carboxylic acids is 3. The van der Waals surface area contributed by atoms with Crippen LogP contribution in [0.4, 0.5) is 13.2 Å². The van der Waals surface area contributed by atoms with Gasteiger partial charge in [0.1, 0.15) is 5.54 Å². The fourth-order valence-corrected chi connectivity index (χ4v) is 5.83. The number of amides is 2. The Labute approximate surface area is 229 Å². The first kappa shape index (κ1) is 28.6. The Hall–Kier alpha value is -3.40. The molecule has 0 spiro atoms. The number of ether oxygens (including phenoxy) is 1. The fraction of sp³-hybridized carbons (Fsp3) is 0.414. The van der Waals surface area contributed by atoms with Gasteiger partial charge in [0.2, 0.25) is 11.8 Å².